The third kappa shape index (κ3) is 4.54. The Kier molecular flexibility index (Phi) is 6.53. The van der Waals surface area contributed by atoms with E-state index in [0.29, 0.717) is 5.92 Å². The maximum Gasteiger partial charge on any atom is 0.0544 e. The van der Waals surface area contributed by atoms with Crippen molar-refractivity contribution in [3.63, 3.8) is 0 Å². The van der Waals surface area contributed by atoms with Gasteiger partial charge in [-0.2, -0.15) is 0 Å². The Labute approximate surface area is 319 Å². The van der Waals surface area contributed by atoms with Gasteiger partial charge in [0.05, 0.1) is 11.0 Å². The van der Waals surface area contributed by atoms with Gasteiger partial charge in [0.25, 0.3) is 0 Å². The van der Waals surface area contributed by atoms with Crippen LogP contribution < -0.4 is 0 Å². The number of aromatic nitrogens is 1. The predicted octanol–water partition coefficient (Wildman–Crippen LogP) is 14.4. The van der Waals surface area contributed by atoms with Gasteiger partial charge < -0.3 is 4.57 Å². The number of nitrogens with zero attached hydrogens (tertiary/aromatic N) is 1. The standard InChI is InChI=1S/C54H35N/c1-2-10-34(11-3-1)42-27-20-36-23-31-49-43(28-21-37-22-30-48(42)53(36)54(37)49)35-18-25-40(26-19-35)55-51-17-9-8-16-46(51)47-29-24-39(33-52(47)55)50-32-38-12-4-5-13-41(38)44-14-6-7-15-45(44)50/h1-31,33,50H,32H2. The molecule has 0 amide bonds. The Morgan fingerprint density at radius 3 is 1.73 bits per heavy atom. The SMILES string of the molecule is c1ccc(-c2ccc3ccc4c(-c5ccc(-n6c7ccccc7c7ccc(C8Cc9ccccc9-c9ccccc98)cc76)cc5)ccc5ccc2c3c54)cc1. The summed E-state index contributed by atoms with van der Waals surface area (Å²) >= 11 is 0. The molecular formula is C54H35N. The zero-order valence-electron chi connectivity index (χ0n) is 30.2. The molecule has 55 heavy (non-hydrogen) atoms. The monoisotopic (exact) mass is 697 g/mol. The first kappa shape index (κ1) is 30.5. The number of hydrogen-bond donors (Lipinski definition) is 0. The second kappa shape index (κ2) is 11.8. The summed E-state index contributed by atoms with van der Waals surface area (Å²) in [7, 11) is 0. The molecule has 11 aromatic rings. The van der Waals surface area contributed by atoms with Crippen LogP contribution in [0.3, 0.4) is 0 Å². The van der Waals surface area contributed by atoms with Crippen LogP contribution in [0.25, 0.3) is 93.2 Å². The first-order chi connectivity index (χ1) is 27.3. The molecule has 1 aromatic heterocycles. The number of para-hydroxylation sites is 1. The summed E-state index contributed by atoms with van der Waals surface area (Å²) < 4.78 is 2.47. The molecule has 0 spiro atoms. The van der Waals surface area contributed by atoms with E-state index in [1.54, 1.807) is 0 Å². The van der Waals surface area contributed by atoms with Crippen molar-refractivity contribution in [1.82, 2.24) is 4.57 Å². The highest BCUT2D eigenvalue weighted by Crippen LogP contribution is 2.45. The molecule has 1 aliphatic carbocycles. The molecule has 0 saturated carbocycles. The lowest BCUT2D eigenvalue weighted by atomic mass is 9.75. The first-order valence-corrected chi connectivity index (χ1v) is 19.4. The van der Waals surface area contributed by atoms with Crippen molar-refractivity contribution in [2.75, 3.05) is 0 Å². The zero-order valence-corrected chi connectivity index (χ0v) is 30.2. The molecule has 0 aliphatic heterocycles. The van der Waals surface area contributed by atoms with Crippen LogP contribution in [0.15, 0.2) is 194 Å². The highest BCUT2D eigenvalue weighted by Gasteiger charge is 2.26. The maximum atomic E-state index is 2.47. The summed E-state index contributed by atoms with van der Waals surface area (Å²) in [6.07, 6.45) is 1.00. The van der Waals surface area contributed by atoms with Crippen LogP contribution in [0, 0.1) is 0 Å². The van der Waals surface area contributed by atoms with E-state index >= 15 is 0 Å². The number of rotatable bonds is 4. The van der Waals surface area contributed by atoms with Crippen LogP contribution >= 0.6 is 0 Å². The Morgan fingerprint density at radius 2 is 0.964 bits per heavy atom. The lowest BCUT2D eigenvalue weighted by molar-refractivity contribution is 0.794. The molecule has 1 heteroatoms. The highest BCUT2D eigenvalue weighted by molar-refractivity contribution is 6.27. The van der Waals surface area contributed by atoms with E-state index in [0.717, 1.165) is 6.42 Å². The molecule has 12 rings (SSSR count). The number of fused-ring (bicyclic) bond motifs is 6. The second-order valence-electron chi connectivity index (χ2n) is 15.2. The number of benzene rings is 10. The zero-order chi connectivity index (χ0) is 36.0. The van der Waals surface area contributed by atoms with E-state index < -0.39 is 0 Å². The topological polar surface area (TPSA) is 4.93 Å². The van der Waals surface area contributed by atoms with Crippen LogP contribution in [-0.2, 0) is 6.42 Å². The minimum atomic E-state index is 0.294. The van der Waals surface area contributed by atoms with Crippen LogP contribution in [0.2, 0.25) is 0 Å². The second-order valence-corrected chi connectivity index (χ2v) is 15.2. The van der Waals surface area contributed by atoms with E-state index in [2.05, 4.69) is 199 Å². The summed E-state index contributed by atoms with van der Waals surface area (Å²) in [4.78, 5) is 0. The van der Waals surface area contributed by atoms with E-state index in [1.807, 2.05) is 0 Å². The molecule has 0 fully saturated rings. The van der Waals surface area contributed by atoms with Crippen LogP contribution in [-0.4, -0.2) is 4.57 Å². The fraction of sp³-hybridized carbons (Fsp3) is 0.0370. The molecule has 0 radical (unpaired) electrons. The molecule has 1 heterocycles. The molecule has 1 aliphatic rings. The van der Waals surface area contributed by atoms with Crippen molar-refractivity contribution in [3.05, 3.63) is 211 Å². The smallest absolute Gasteiger partial charge is 0.0544 e. The lowest BCUT2D eigenvalue weighted by Crippen LogP contribution is -2.12. The van der Waals surface area contributed by atoms with Crippen molar-refractivity contribution in [2.24, 2.45) is 0 Å². The van der Waals surface area contributed by atoms with E-state index in [1.165, 1.54) is 110 Å². The fourth-order valence-electron chi connectivity index (χ4n) is 9.83. The number of hydrogen-bond acceptors (Lipinski definition) is 0. The third-order valence-corrected chi connectivity index (χ3v) is 12.4. The highest BCUT2D eigenvalue weighted by atomic mass is 15.0. The lowest BCUT2D eigenvalue weighted by Gasteiger charge is -2.28. The third-order valence-electron chi connectivity index (χ3n) is 12.4. The van der Waals surface area contributed by atoms with Gasteiger partial charge in [0.2, 0.25) is 0 Å². The van der Waals surface area contributed by atoms with E-state index in [9.17, 15) is 0 Å². The molecule has 0 saturated heterocycles. The van der Waals surface area contributed by atoms with Gasteiger partial charge in [-0.1, -0.05) is 170 Å². The fourth-order valence-corrected chi connectivity index (χ4v) is 9.83. The van der Waals surface area contributed by atoms with Gasteiger partial charge >= 0.3 is 0 Å². The summed E-state index contributed by atoms with van der Waals surface area (Å²) in [5, 5.41) is 10.4. The Morgan fingerprint density at radius 1 is 0.382 bits per heavy atom. The van der Waals surface area contributed by atoms with Crippen molar-refractivity contribution < 1.29 is 0 Å². The largest absolute Gasteiger partial charge is 0.309 e. The molecule has 1 nitrogen and oxygen atoms in total. The van der Waals surface area contributed by atoms with Gasteiger partial charge in [-0.05, 0) is 113 Å². The van der Waals surface area contributed by atoms with Crippen molar-refractivity contribution in [2.45, 2.75) is 12.3 Å². The van der Waals surface area contributed by atoms with Gasteiger partial charge in [0.1, 0.15) is 0 Å². The first-order valence-electron chi connectivity index (χ1n) is 19.4. The van der Waals surface area contributed by atoms with Gasteiger partial charge in [-0.3, -0.25) is 0 Å². The van der Waals surface area contributed by atoms with Gasteiger partial charge in [0, 0.05) is 22.4 Å². The summed E-state index contributed by atoms with van der Waals surface area (Å²) in [6.45, 7) is 0. The molecule has 1 atom stereocenters. The average Bonchev–Trinajstić information content (AvgIpc) is 3.59. The Balaban J connectivity index is 0.996. The Bertz CT molecular complexity index is 3270. The van der Waals surface area contributed by atoms with Crippen LogP contribution in [0.5, 0.6) is 0 Å². The van der Waals surface area contributed by atoms with Crippen molar-refractivity contribution >= 4 is 54.1 Å². The van der Waals surface area contributed by atoms with E-state index in [4.69, 9.17) is 0 Å². The van der Waals surface area contributed by atoms with Crippen molar-refractivity contribution in [1.29, 1.82) is 0 Å². The minimum Gasteiger partial charge on any atom is -0.309 e. The van der Waals surface area contributed by atoms with Gasteiger partial charge in [-0.15, -0.1) is 0 Å². The Hall–Kier alpha value is -6.96. The van der Waals surface area contributed by atoms with E-state index in [-0.39, 0.29) is 0 Å². The molecule has 0 bridgehead atoms. The summed E-state index contributed by atoms with van der Waals surface area (Å²) in [5.41, 5.74) is 15.6. The van der Waals surface area contributed by atoms with Crippen molar-refractivity contribution in [3.8, 4) is 39.1 Å². The molecule has 256 valence electrons. The average molecular weight is 698 g/mol. The van der Waals surface area contributed by atoms with Gasteiger partial charge in [0.15, 0.2) is 0 Å². The predicted molar refractivity (Wildman–Crippen MR) is 233 cm³/mol. The summed E-state index contributed by atoms with van der Waals surface area (Å²) in [5.74, 6) is 0.294. The quantitative estimate of drug-likeness (QED) is 0.161. The molecule has 1 unspecified atom stereocenters. The molecular weight excluding hydrogens is 663 g/mol. The van der Waals surface area contributed by atoms with Crippen LogP contribution in [0.1, 0.15) is 22.6 Å². The molecule has 10 aromatic carbocycles. The maximum absolute atomic E-state index is 2.47. The van der Waals surface area contributed by atoms with Gasteiger partial charge in [-0.25, -0.2) is 0 Å². The van der Waals surface area contributed by atoms with Crippen LogP contribution in [0.4, 0.5) is 0 Å². The summed E-state index contributed by atoms with van der Waals surface area (Å²) in [6, 6.07) is 72.4. The molecule has 0 N–H and O–H groups in total. The minimum absolute atomic E-state index is 0.294. The normalized spacial score (nSPS) is 13.9.